The minimum Gasteiger partial charge on any atom is -0.468 e. The molecule has 0 atom stereocenters. The Labute approximate surface area is 110 Å². The number of carbonyl (C=O) groups is 1. The van der Waals surface area contributed by atoms with Crippen LogP contribution in [0.15, 0.2) is 28.8 Å². The largest absolute Gasteiger partial charge is 0.468 e. The lowest BCUT2D eigenvalue weighted by Crippen LogP contribution is -2.24. The molecule has 0 amide bonds. The fraction of sp³-hybridized carbons (Fsp3) is 0.357. The summed E-state index contributed by atoms with van der Waals surface area (Å²) in [5.41, 5.74) is 0.0418. The number of esters is 1. The molecule has 0 saturated heterocycles. The van der Waals surface area contributed by atoms with Gasteiger partial charge in [-0.1, -0.05) is 0 Å². The summed E-state index contributed by atoms with van der Waals surface area (Å²) in [6.07, 6.45) is 3.12. The molecule has 0 radical (unpaired) electrons. The van der Waals surface area contributed by atoms with Crippen LogP contribution in [-0.2, 0) is 14.9 Å². The summed E-state index contributed by atoms with van der Waals surface area (Å²) in [5.74, 6) is 1.76. The molecule has 1 aliphatic rings. The number of aromatic nitrogens is 2. The smallest absolute Gasteiger partial charge is 0.319 e. The van der Waals surface area contributed by atoms with Crippen molar-refractivity contribution in [2.75, 3.05) is 7.11 Å². The van der Waals surface area contributed by atoms with Gasteiger partial charge in [-0.25, -0.2) is 9.97 Å². The predicted molar refractivity (Wildman–Crippen MR) is 67.4 cm³/mol. The van der Waals surface area contributed by atoms with Gasteiger partial charge in [0, 0.05) is 6.20 Å². The molecule has 5 nitrogen and oxygen atoms in total. The number of aryl methyl sites for hydroxylation is 1. The third-order valence-corrected chi connectivity index (χ3v) is 3.40. The second-order valence-electron chi connectivity index (χ2n) is 4.75. The first-order valence-corrected chi connectivity index (χ1v) is 6.14. The van der Waals surface area contributed by atoms with Crippen LogP contribution < -0.4 is 0 Å². The van der Waals surface area contributed by atoms with Crippen molar-refractivity contribution in [3.63, 3.8) is 0 Å². The Bertz CT molecular complexity index is 629. The van der Waals surface area contributed by atoms with Crippen molar-refractivity contribution in [2.24, 2.45) is 0 Å². The lowest BCUT2D eigenvalue weighted by atomic mass is 10.1. The summed E-state index contributed by atoms with van der Waals surface area (Å²) >= 11 is 0. The highest BCUT2D eigenvalue weighted by Gasteiger charge is 2.55. The van der Waals surface area contributed by atoms with Crippen LogP contribution in [0.5, 0.6) is 0 Å². The van der Waals surface area contributed by atoms with Gasteiger partial charge in [0.05, 0.1) is 7.11 Å². The van der Waals surface area contributed by atoms with Crippen LogP contribution in [-0.4, -0.2) is 23.0 Å². The topological polar surface area (TPSA) is 65.2 Å². The van der Waals surface area contributed by atoms with Crippen molar-refractivity contribution < 1.29 is 13.9 Å². The second kappa shape index (κ2) is 4.19. The van der Waals surface area contributed by atoms with Crippen LogP contribution in [0.3, 0.4) is 0 Å². The van der Waals surface area contributed by atoms with Crippen molar-refractivity contribution in [3.8, 4) is 11.5 Å². The number of rotatable bonds is 3. The van der Waals surface area contributed by atoms with Gasteiger partial charge in [-0.2, -0.15) is 0 Å². The molecule has 2 aromatic rings. The van der Waals surface area contributed by atoms with Crippen LogP contribution in [0.1, 0.15) is 24.4 Å². The first-order valence-electron chi connectivity index (χ1n) is 6.14. The zero-order valence-electron chi connectivity index (χ0n) is 10.8. The van der Waals surface area contributed by atoms with E-state index in [0.29, 0.717) is 17.3 Å². The molecule has 0 bridgehead atoms. The highest BCUT2D eigenvalue weighted by atomic mass is 16.5. The van der Waals surface area contributed by atoms with Crippen LogP contribution in [0.2, 0.25) is 0 Å². The molecule has 0 spiro atoms. The number of carbonyl (C=O) groups excluding carboxylic acids is 1. The first kappa shape index (κ1) is 11.9. The predicted octanol–water partition coefficient (Wildman–Crippen LogP) is 2.25. The van der Waals surface area contributed by atoms with E-state index in [4.69, 9.17) is 9.15 Å². The van der Waals surface area contributed by atoms with Crippen molar-refractivity contribution in [3.05, 3.63) is 36.0 Å². The number of methoxy groups -OCH3 is 1. The number of nitrogens with zero attached hydrogens (tertiary/aromatic N) is 2. The molecule has 1 saturated carbocycles. The van der Waals surface area contributed by atoms with E-state index >= 15 is 0 Å². The van der Waals surface area contributed by atoms with E-state index in [-0.39, 0.29) is 5.97 Å². The van der Waals surface area contributed by atoms with Gasteiger partial charge in [-0.05, 0) is 38.0 Å². The van der Waals surface area contributed by atoms with E-state index in [2.05, 4.69) is 9.97 Å². The zero-order valence-corrected chi connectivity index (χ0v) is 10.8. The van der Waals surface area contributed by atoms with Gasteiger partial charge in [0.15, 0.2) is 5.76 Å². The molecule has 2 aromatic heterocycles. The standard InChI is InChI=1S/C14H14N2O3/c1-9-3-4-11(19-9)10-5-8-15-12(16-10)14(6-7-14)13(17)18-2/h3-5,8H,6-7H2,1-2H3. The highest BCUT2D eigenvalue weighted by molar-refractivity contribution is 5.85. The normalized spacial score (nSPS) is 16.1. The zero-order chi connectivity index (χ0) is 13.5. The molecule has 1 fully saturated rings. The van der Waals surface area contributed by atoms with Gasteiger partial charge in [-0.3, -0.25) is 4.79 Å². The van der Waals surface area contributed by atoms with Gasteiger partial charge < -0.3 is 9.15 Å². The Morgan fingerprint density at radius 3 is 2.74 bits per heavy atom. The van der Waals surface area contributed by atoms with E-state index in [9.17, 15) is 4.79 Å². The molecule has 2 heterocycles. The van der Waals surface area contributed by atoms with Crippen molar-refractivity contribution in [1.29, 1.82) is 0 Å². The average molecular weight is 258 g/mol. The second-order valence-corrected chi connectivity index (χ2v) is 4.75. The third-order valence-electron chi connectivity index (χ3n) is 3.40. The van der Waals surface area contributed by atoms with Gasteiger partial charge in [-0.15, -0.1) is 0 Å². The quantitative estimate of drug-likeness (QED) is 0.790. The van der Waals surface area contributed by atoms with Crippen molar-refractivity contribution in [2.45, 2.75) is 25.2 Å². The lowest BCUT2D eigenvalue weighted by Gasteiger charge is -2.11. The van der Waals surface area contributed by atoms with Crippen molar-refractivity contribution in [1.82, 2.24) is 9.97 Å². The van der Waals surface area contributed by atoms with Gasteiger partial charge in [0.2, 0.25) is 0 Å². The number of hydrogen-bond donors (Lipinski definition) is 0. The monoisotopic (exact) mass is 258 g/mol. The van der Waals surface area contributed by atoms with Gasteiger partial charge >= 0.3 is 5.97 Å². The Hall–Kier alpha value is -2.17. The van der Waals surface area contributed by atoms with Crippen LogP contribution in [0.4, 0.5) is 0 Å². The maximum Gasteiger partial charge on any atom is 0.319 e. The molecule has 0 aliphatic heterocycles. The Kier molecular flexibility index (Phi) is 2.62. The molecule has 3 rings (SSSR count). The maximum atomic E-state index is 11.8. The lowest BCUT2D eigenvalue weighted by molar-refractivity contribution is -0.143. The highest BCUT2D eigenvalue weighted by Crippen LogP contribution is 2.47. The molecule has 1 aliphatic carbocycles. The fourth-order valence-electron chi connectivity index (χ4n) is 2.14. The summed E-state index contributed by atoms with van der Waals surface area (Å²) in [7, 11) is 1.39. The summed E-state index contributed by atoms with van der Waals surface area (Å²) in [6.45, 7) is 1.88. The van der Waals surface area contributed by atoms with E-state index in [1.54, 1.807) is 12.3 Å². The molecule has 0 N–H and O–H groups in total. The molecule has 5 heteroatoms. The summed E-state index contributed by atoms with van der Waals surface area (Å²) in [6, 6.07) is 5.51. The fourth-order valence-corrected chi connectivity index (χ4v) is 2.14. The Morgan fingerprint density at radius 2 is 2.16 bits per heavy atom. The van der Waals surface area contributed by atoms with E-state index in [0.717, 1.165) is 18.6 Å². The molecule has 0 unspecified atom stereocenters. The van der Waals surface area contributed by atoms with Crippen LogP contribution in [0, 0.1) is 6.92 Å². The van der Waals surface area contributed by atoms with E-state index < -0.39 is 5.41 Å². The van der Waals surface area contributed by atoms with Gasteiger partial charge in [0.25, 0.3) is 0 Å². The summed E-state index contributed by atoms with van der Waals surface area (Å²) in [5, 5.41) is 0. The first-order chi connectivity index (χ1) is 9.15. The number of hydrogen-bond acceptors (Lipinski definition) is 5. The maximum absolute atomic E-state index is 11.8. The van der Waals surface area contributed by atoms with E-state index in [1.165, 1.54) is 7.11 Å². The summed E-state index contributed by atoms with van der Waals surface area (Å²) < 4.78 is 10.4. The van der Waals surface area contributed by atoms with Crippen LogP contribution >= 0.6 is 0 Å². The third kappa shape index (κ3) is 1.91. The minimum absolute atomic E-state index is 0.264. The number of ether oxygens (including phenoxy) is 1. The average Bonchev–Trinajstić information content (AvgIpc) is 3.15. The number of furan rings is 1. The molecule has 98 valence electrons. The Balaban J connectivity index is 1.99. The van der Waals surface area contributed by atoms with Crippen LogP contribution in [0.25, 0.3) is 11.5 Å². The molecular formula is C14H14N2O3. The van der Waals surface area contributed by atoms with Crippen molar-refractivity contribution >= 4 is 5.97 Å². The Morgan fingerprint density at radius 1 is 1.37 bits per heavy atom. The molecule has 19 heavy (non-hydrogen) atoms. The summed E-state index contributed by atoms with van der Waals surface area (Å²) in [4.78, 5) is 20.5. The molecule has 0 aromatic carbocycles. The minimum atomic E-state index is -0.646. The SMILES string of the molecule is COC(=O)C1(c2nccc(-c3ccc(C)o3)n2)CC1. The van der Waals surface area contributed by atoms with E-state index in [1.807, 2.05) is 19.1 Å². The molecular weight excluding hydrogens is 244 g/mol. The van der Waals surface area contributed by atoms with Gasteiger partial charge in [0.1, 0.15) is 22.7 Å².